The summed E-state index contributed by atoms with van der Waals surface area (Å²) < 4.78 is 4.90. The smallest absolute Gasteiger partial charge is 0.340 e. The van der Waals surface area contributed by atoms with Crippen molar-refractivity contribution in [3.63, 3.8) is 0 Å². The molecule has 16 heavy (non-hydrogen) atoms. The van der Waals surface area contributed by atoms with E-state index >= 15 is 0 Å². The zero-order valence-corrected chi connectivity index (χ0v) is 8.54. The fourth-order valence-electron chi connectivity index (χ4n) is 1.22. The third-order valence-electron chi connectivity index (χ3n) is 1.86. The quantitative estimate of drug-likeness (QED) is 0.752. The third-order valence-corrected chi connectivity index (χ3v) is 1.86. The van der Waals surface area contributed by atoms with E-state index in [1.165, 1.54) is 0 Å². The van der Waals surface area contributed by atoms with Crippen LogP contribution in [0, 0.1) is 0 Å². The number of pyridine rings is 1. The van der Waals surface area contributed by atoms with Gasteiger partial charge in [0.2, 0.25) is 5.82 Å². The van der Waals surface area contributed by atoms with Gasteiger partial charge in [-0.3, -0.25) is 4.98 Å². The molecule has 2 rings (SSSR count). The number of nitrogens with zero attached hydrogens (tertiary/aromatic N) is 4. The summed E-state index contributed by atoms with van der Waals surface area (Å²) in [5.41, 5.74) is 0.681. The maximum absolute atomic E-state index is 11.6. The Morgan fingerprint density at radius 3 is 3.12 bits per heavy atom. The number of aromatic amines is 1. The highest BCUT2D eigenvalue weighted by Gasteiger charge is 2.17. The van der Waals surface area contributed by atoms with Crippen LogP contribution in [-0.4, -0.2) is 38.2 Å². The lowest BCUT2D eigenvalue weighted by Crippen LogP contribution is -2.07. The van der Waals surface area contributed by atoms with Gasteiger partial charge in [0, 0.05) is 6.20 Å². The second kappa shape index (κ2) is 4.47. The molecule has 0 unspecified atom stereocenters. The van der Waals surface area contributed by atoms with Crippen molar-refractivity contribution in [3.05, 3.63) is 23.9 Å². The maximum atomic E-state index is 11.6. The maximum Gasteiger partial charge on any atom is 0.340 e. The van der Waals surface area contributed by atoms with E-state index in [-0.39, 0.29) is 5.82 Å². The van der Waals surface area contributed by atoms with Gasteiger partial charge < -0.3 is 4.74 Å². The summed E-state index contributed by atoms with van der Waals surface area (Å²) >= 11 is 0. The van der Waals surface area contributed by atoms with Crippen LogP contribution in [0.5, 0.6) is 0 Å². The van der Waals surface area contributed by atoms with Crippen LogP contribution < -0.4 is 0 Å². The number of H-pyrrole nitrogens is 1. The van der Waals surface area contributed by atoms with Gasteiger partial charge in [-0.05, 0) is 24.3 Å². The average Bonchev–Trinajstić information content (AvgIpc) is 2.83. The first-order chi connectivity index (χ1) is 7.83. The Hall–Kier alpha value is -2.31. The minimum absolute atomic E-state index is 0.267. The topological polar surface area (TPSA) is 93.6 Å². The highest BCUT2D eigenvalue weighted by Crippen LogP contribution is 2.16. The highest BCUT2D eigenvalue weighted by atomic mass is 16.5. The molecule has 0 atom stereocenters. The van der Waals surface area contributed by atoms with E-state index in [9.17, 15) is 4.79 Å². The zero-order valence-electron chi connectivity index (χ0n) is 8.54. The molecule has 1 N–H and O–H groups in total. The van der Waals surface area contributed by atoms with Crippen LogP contribution in [0.15, 0.2) is 18.3 Å². The van der Waals surface area contributed by atoms with Crippen molar-refractivity contribution in [2.45, 2.75) is 6.92 Å². The Balaban J connectivity index is 2.42. The first-order valence-corrected chi connectivity index (χ1v) is 4.69. The van der Waals surface area contributed by atoms with Crippen LogP contribution >= 0.6 is 0 Å². The molecule has 82 valence electrons. The van der Waals surface area contributed by atoms with E-state index in [1.54, 1.807) is 25.3 Å². The molecule has 0 aliphatic carbocycles. The third kappa shape index (κ3) is 1.88. The number of tetrazole rings is 1. The lowest BCUT2D eigenvalue weighted by atomic mass is 10.2. The summed E-state index contributed by atoms with van der Waals surface area (Å²) in [4.78, 5) is 15.7. The molecule has 0 aromatic carbocycles. The van der Waals surface area contributed by atoms with Crippen molar-refractivity contribution < 1.29 is 9.53 Å². The second-order valence-electron chi connectivity index (χ2n) is 2.86. The monoisotopic (exact) mass is 219 g/mol. The Kier molecular flexibility index (Phi) is 2.86. The van der Waals surface area contributed by atoms with Crippen LogP contribution in [0.1, 0.15) is 17.3 Å². The molecule has 0 aliphatic heterocycles. The normalized spacial score (nSPS) is 10.1. The summed E-state index contributed by atoms with van der Waals surface area (Å²) in [5, 5.41) is 13.3. The van der Waals surface area contributed by atoms with Gasteiger partial charge in [-0.15, -0.1) is 10.2 Å². The van der Waals surface area contributed by atoms with E-state index in [1.807, 2.05) is 0 Å². The number of nitrogens with one attached hydrogen (secondary N) is 1. The molecule has 0 saturated carbocycles. The van der Waals surface area contributed by atoms with Crippen molar-refractivity contribution in [2.24, 2.45) is 0 Å². The lowest BCUT2D eigenvalue weighted by Gasteiger charge is -2.03. The van der Waals surface area contributed by atoms with Crippen LogP contribution in [0.4, 0.5) is 0 Å². The highest BCUT2D eigenvalue weighted by molar-refractivity contribution is 5.95. The molecule has 2 heterocycles. The molecule has 2 aromatic rings. The summed E-state index contributed by atoms with van der Waals surface area (Å²) in [6, 6.07) is 3.26. The van der Waals surface area contributed by atoms with Crippen molar-refractivity contribution in [1.29, 1.82) is 0 Å². The molecular formula is C9H9N5O2. The number of hydrogen-bond donors (Lipinski definition) is 1. The summed E-state index contributed by atoms with van der Waals surface area (Å²) in [5.74, 6) is -0.181. The molecule has 0 fully saturated rings. The van der Waals surface area contributed by atoms with Gasteiger partial charge in [-0.2, -0.15) is 5.21 Å². The largest absolute Gasteiger partial charge is 0.462 e. The van der Waals surface area contributed by atoms with Crippen LogP contribution in [-0.2, 0) is 4.74 Å². The van der Waals surface area contributed by atoms with Gasteiger partial charge in [0.15, 0.2) is 0 Å². The van der Waals surface area contributed by atoms with Gasteiger partial charge in [0.05, 0.1) is 12.2 Å². The standard InChI is InChI=1S/C9H9N5O2/c1-2-16-9(15)6-4-3-5-10-7(6)8-11-13-14-12-8/h3-5H,2H2,1H3,(H,11,12,13,14). The minimum atomic E-state index is -0.449. The van der Waals surface area contributed by atoms with Crippen molar-refractivity contribution in [3.8, 4) is 11.5 Å². The number of rotatable bonds is 3. The summed E-state index contributed by atoms with van der Waals surface area (Å²) in [6.07, 6.45) is 1.55. The van der Waals surface area contributed by atoms with E-state index in [4.69, 9.17) is 4.74 Å². The summed E-state index contributed by atoms with van der Waals surface area (Å²) in [6.45, 7) is 2.04. The number of ether oxygens (including phenoxy) is 1. The molecule has 7 heteroatoms. The van der Waals surface area contributed by atoms with E-state index in [0.717, 1.165) is 0 Å². The van der Waals surface area contributed by atoms with Gasteiger partial charge in [0.25, 0.3) is 0 Å². The summed E-state index contributed by atoms with van der Waals surface area (Å²) in [7, 11) is 0. The minimum Gasteiger partial charge on any atom is -0.462 e. The first kappa shape index (κ1) is 10.2. The van der Waals surface area contributed by atoms with Crippen molar-refractivity contribution >= 4 is 5.97 Å². The van der Waals surface area contributed by atoms with Gasteiger partial charge in [-0.1, -0.05) is 0 Å². The molecule has 0 saturated heterocycles. The number of carbonyl (C=O) groups excluding carboxylic acids is 1. The van der Waals surface area contributed by atoms with Crippen LogP contribution in [0.25, 0.3) is 11.5 Å². The SMILES string of the molecule is CCOC(=O)c1cccnc1-c1nn[nH]n1. The van der Waals surface area contributed by atoms with Gasteiger partial charge >= 0.3 is 5.97 Å². The molecule has 0 spiro atoms. The Labute approximate surface area is 90.9 Å². The van der Waals surface area contributed by atoms with E-state index < -0.39 is 5.97 Å². The number of hydrogen-bond acceptors (Lipinski definition) is 6. The predicted octanol–water partition coefficient (Wildman–Crippen LogP) is 0.438. The number of carbonyl (C=O) groups is 1. The zero-order chi connectivity index (χ0) is 11.4. The number of aromatic nitrogens is 5. The lowest BCUT2D eigenvalue weighted by molar-refractivity contribution is 0.0527. The Morgan fingerprint density at radius 1 is 1.56 bits per heavy atom. The average molecular weight is 219 g/mol. The predicted molar refractivity (Wildman–Crippen MR) is 53.4 cm³/mol. The Bertz CT molecular complexity index is 482. The fourth-order valence-corrected chi connectivity index (χ4v) is 1.22. The molecule has 7 nitrogen and oxygen atoms in total. The van der Waals surface area contributed by atoms with E-state index in [0.29, 0.717) is 17.9 Å². The first-order valence-electron chi connectivity index (χ1n) is 4.69. The van der Waals surface area contributed by atoms with Crippen LogP contribution in [0.2, 0.25) is 0 Å². The Morgan fingerprint density at radius 2 is 2.44 bits per heavy atom. The molecule has 0 amide bonds. The second-order valence-corrected chi connectivity index (χ2v) is 2.86. The van der Waals surface area contributed by atoms with Gasteiger partial charge in [-0.25, -0.2) is 4.79 Å². The molecular weight excluding hydrogens is 210 g/mol. The fraction of sp³-hybridized carbons (Fsp3) is 0.222. The molecule has 2 aromatic heterocycles. The van der Waals surface area contributed by atoms with Crippen molar-refractivity contribution in [1.82, 2.24) is 25.6 Å². The van der Waals surface area contributed by atoms with Gasteiger partial charge in [0.1, 0.15) is 5.69 Å². The molecule has 0 bridgehead atoms. The van der Waals surface area contributed by atoms with E-state index in [2.05, 4.69) is 25.6 Å². The van der Waals surface area contributed by atoms with Crippen LogP contribution in [0.3, 0.4) is 0 Å². The number of esters is 1. The molecule has 0 radical (unpaired) electrons. The van der Waals surface area contributed by atoms with Crippen molar-refractivity contribution in [2.75, 3.05) is 6.61 Å². The molecule has 0 aliphatic rings.